The first-order valence-electron chi connectivity index (χ1n) is 9.75. The monoisotopic (exact) mass is 360 g/mol. The molecule has 142 valence electrons. The van der Waals surface area contributed by atoms with Crippen LogP contribution in [0.3, 0.4) is 0 Å². The minimum Gasteiger partial charge on any atom is -0.370 e. The highest BCUT2D eigenvalue weighted by Crippen LogP contribution is 2.29. The second-order valence-electron chi connectivity index (χ2n) is 7.49. The molecule has 6 nitrogen and oxygen atoms in total. The van der Waals surface area contributed by atoms with Gasteiger partial charge in [-0.3, -0.25) is 0 Å². The Kier molecular flexibility index (Phi) is 5.72. The van der Waals surface area contributed by atoms with Gasteiger partial charge in [0.05, 0.1) is 25.9 Å². The van der Waals surface area contributed by atoms with Crippen LogP contribution < -0.4 is 10.6 Å². The zero-order valence-electron chi connectivity index (χ0n) is 15.1. The molecule has 2 aliphatic heterocycles. The summed E-state index contributed by atoms with van der Waals surface area (Å²) in [6.07, 6.45) is 5.49. The van der Waals surface area contributed by atoms with Gasteiger partial charge in [0.2, 0.25) is 0 Å². The molecule has 0 spiro atoms. The fourth-order valence-corrected chi connectivity index (χ4v) is 4.15. The summed E-state index contributed by atoms with van der Waals surface area (Å²) in [7, 11) is 0. The maximum atomic E-state index is 12.3. The summed E-state index contributed by atoms with van der Waals surface area (Å²) in [4.78, 5) is 12.3. The van der Waals surface area contributed by atoms with Gasteiger partial charge in [0.1, 0.15) is 18.3 Å². The van der Waals surface area contributed by atoms with Crippen LogP contribution in [0.4, 0.5) is 4.79 Å². The predicted molar refractivity (Wildman–Crippen MR) is 96.8 cm³/mol. The maximum absolute atomic E-state index is 12.3. The smallest absolute Gasteiger partial charge is 0.315 e. The summed E-state index contributed by atoms with van der Waals surface area (Å²) in [5.74, 6) is 0. The lowest BCUT2D eigenvalue weighted by Crippen LogP contribution is -2.51. The summed E-state index contributed by atoms with van der Waals surface area (Å²) in [6.45, 7) is 1.52. The lowest BCUT2D eigenvalue weighted by Gasteiger charge is -2.24. The van der Waals surface area contributed by atoms with Crippen molar-refractivity contribution < 1.29 is 19.0 Å². The van der Waals surface area contributed by atoms with E-state index in [4.69, 9.17) is 14.2 Å². The van der Waals surface area contributed by atoms with Gasteiger partial charge in [0.25, 0.3) is 0 Å². The quantitative estimate of drug-likeness (QED) is 0.846. The van der Waals surface area contributed by atoms with Crippen LogP contribution in [0.2, 0.25) is 0 Å². The highest BCUT2D eigenvalue weighted by Gasteiger charge is 2.48. The van der Waals surface area contributed by atoms with Crippen molar-refractivity contribution in [2.24, 2.45) is 0 Å². The molecule has 6 heteroatoms. The third-order valence-corrected chi connectivity index (χ3v) is 5.57. The van der Waals surface area contributed by atoms with Gasteiger partial charge in [-0.25, -0.2) is 4.79 Å². The van der Waals surface area contributed by atoms with E-state index in [0.29, 0.717) is 25.9 Å². The van der Waals surface area contributed by atoms with Crippen LogP contribution in [0, 0.1) is 0 Å². The molecule has 4 rings (SSSR count). The molecule has 0 bridgehead atoms. The van der Waals surface area contributed by atoms with Crippen LogP contribution in [0.1, 0.15) is 37.7 Å². The maximum Gasteiger partial charge on any atom is 0.315 e. The zero-order valence-corrected chi connectivity index (χ0v) is 15.1. The lowest BCUT2D eigenvalue weighted by molar-refractivity contribution is -0.0392. The van der Waals surface area contributed by atoms with Gasteiger partial charge in [0.15, 0.2) is 0 Å². The van der Waals surface area contributed by atoms with Gasteiger partial charge in [0, 0.05) is 6.04 Å². The summed E-state index contributed by atoms with van der Waals surface area (Å²) < 4.78 is 17.8. The van der Waals surface area contributed by atoms with Gasteiger partial charge in [-0.1, -0.05) is 49.6 Å². The number of carbonyl (C=O) groups excluding carboxylic acids is 1. The van der Waals surface area contributed by atoms with E-state index in [0.717, 1.165) is 18.4 Å². The second-order valence-corrected chi connectivity index (χ2v) is 7.49. The average molecular weight is 360 g/mol. The molecule has 0 aromatic heterocycles. The molecule has 26 heavy (non-hydrogen) atoms. The normalized spacial score (nSPS) is 31.5. The molecule has 3 fully saturated rings. The van der Waals surface area contributed by atoms with Crippen molar-refractivity contribution in [1.82, 2.24) is 10.6 Å². The number of ether oxygens (including phenoxy) is 3. The number of hydrogen-bond donors (Lipinski definition) is 2. The van der Waals surface area contributed by atoms with Gasteiger partial charge < -0.3 is 24.8 Å². The van der Waals surface area contributed by atoms with Gasteiger partial charge in [-0.2, -0.15) is 0 Å². The number of carbonyl (C=O) groups is 1. The second kappa shape index (κ2) is 8.37. The molecule has 4 atom stereocenters. The van der Waals surface area contributed by atoms with Crippen molar-refractivity contribution in [3.63, 3.8) is 0 Å². The van der Waals surface area contributed by atoms with Crippen LogP contribution in [0.15, 0.2) is 30.3 Å². The minimum absolute atomic E-state index is 0.0894. The van der Waals surface area contributed by atoms with Crippen molar-refractivity contribution in [1.29, 1.82) is 0 Å². The molecule has 2 N–H and O–H groups in total. The SMILES string of the molecule is O=C(NC1CCCCC1)NC1COC2C(OCc3ccccc3)COC12. The fourth-order valence-electron chi connectivity index (χ4n) is 4.15. The molecule has 2 amide bonds. The van der Waals surface area contributed by atoms with Crippen molar-refractivity contribution in [2.45, 2.75) is 69.1 Å². The third-order valence-electron chi connectivity index (χ3n) is 5.57. The van der Waals surface area contributed by atoms with E-state index in [1.54, 1.807) is 0 Å². The largest absolute Gasteiger partial charge is 0.370 e. The van der Waals surface area contributed by atoms with Crippen LogP contribution >= 0.6 is 0 Å². The van der Waals surface area contributed by atoms with E-state index in [9.17, 15) is 4.79 Å². The molecule has 1 saturated carbocycles. The summed E-state index contributed by atoms with van der Waals surface area (Å²) in [5.41, 5.74) is 1.13. The Balaban J connectivity index is 1.24. The molecule has 2 heterocycles. The Morgan fingerprint density at radius 1 is 1.00 bits per heavy atom. The first kappa shape index (κ1) is 17.8. The number of benzene rings is 1. The van der Waals surface area contributed by atoms with Gasteiger partial charge in [-0.15, -0.1) is 0 Å². The third kappa shape index (κ3) is 4.19. The minimum atomic E-state index is -0.132. The van der Waals surface area contributed by atoms with E-state index in [2.05, 4.69) is 10.6 Å². The Bertz CT molecular complexity index is 591. The molecule has 4 unspecified atom stereocenters. The number of amides is 2. The summed E-state index contributed by atoms with van der Waals surface area (Å²) in [5, 5.41) is 6.13. The van der Waals surface area contributed by atoms with Crippen LogP contribution in [0.25, 0.3) is 0 Å². The highest BCUT2D eigenvalue weighted by atomic mass is 16.6. The van der Waals surface area contributed by atoms with E-state index in [-0.39, 0.29) is 30.4 Å². The van der Waals surface area contributed by atoms with Gasteiger partial charge in [-0.05, 0) is 18.4 Å². The number of hydrogen-bond acceptors (Lipinski definition) is 4. The molecule has 1 aliphatic carbocycles. The molecule has 1 aromatic rings. The standard InChI is InChI=1S/C20H28N2O4/c23-20(21-15-9-5-2-6-10-15)22-16-12-25-19-17(13-26-18(16)19)24-11-14-7-3-1-4-8-14/h1,3-4,7-8,15-19H,2,5-6,9-13H2,(H2,21,22,23). The first-order valence-corrected chi connectivity index (χ1v) is 9.75. The number of urea groups is 1. The van der Waals surface area contributed by atoms with Crippen molar-refractivity contribution >= 4 is 6.03 Å². The number of nitrogens with one attached hydrogen (secondary N) is 2. The van der Waals surface area contributed by atoms with E-state index in [1.165, 1.54) is 19.3 Å². The Morgan fingerprint density at radius 3 is 2.58 bits per heavy atom. The van der Waals surface area contributed by atoms with Crippen molar-refractivity contribution in [3.05, 3.63) is 35.9 Å². The fraction of sp³-hybridized carbons (Fsp3) is 0.650. The van der Waals surface area contributed by atoms with Crippen molar-refractivity contribution in [3.8, 4) is 0 Å². The van der Waals surface area contributed by atoms with E-state index >= 15 is 0 Å². The molecular weight excluding hydrogens is 332 g/mol. The average Bonchev–Trinajstić information content (AvgIpc) is 3.25. The highest BCUT2D eigenvalue weighted by molar-refractivity contribution is 5.74. The molecule has 0 radical (unpaired) electrons. The lowest BCUT2D eigenvalue weighted by atomic mass is 9.96. The van der Waals surface area contributed by atoms with Crippen LogP contribution in [-0.4, -0.2) is 49.6 Å². The molecule has 1 aromatic carbocycles. The van der Waals surface area contributed by atoms with Crippen LogP contribution in [0.5, 0.6) is 0 Å². The van der Waals surface area contributed by atoms with Crippen molar-refractivity contribution in [2.75, 3.05) is 13.2 Å². The predicted octanol–water partition coefficient (Wildman–Crippen LogP) is 2.37. The van der Waals surface area contributed by atoms with Crippen LogP contribution in [-0.2, 0) is 20.8 Å². The van der Waals surface area contributed by atoms with E-state index < -0.39 is 0 Å². The molecular formula is C20H28N2O4. The topological polar surface area (TPSA) is 68.8 Å². The first-order chi connectivity index (χ1) is 12.8. The Labute approximate surface area is 154 Å². The summed E-state index contributed by atoms with van der Waals surface area (Å²) >= 11 is 0. The Hall–Kier alpha value is -1.63. The Morgan fingerprint density at radius 2 is 1.77 bits per heavy atom. The number of fused-ring (bicyclic) bond motifs is 1. The molecule has 2 saturated heterocycles. The number of rotatable bonds is 5. The summed E-state index contributed by atoms with van der Waals surface area (Å²) in [6, 6.07) is 10.2. The zero-order chi connectivity index (χ0) is 17.8. The molecule has 3 aliphatic rings. The van der Waals surface area contributed by atoms with E-state index in [1.807, 2.05) is 30.3 Å². The van der Waals surface area contributed by atoms with Gasteiger partial charge >= 0.3 is 6.03 Å².